The highest BCUT2D eigenvalue weighted by molar-refractivity contribution is 6.18. The van der Waals surface area contributed by atoms with E-state index in [0.29, 0.717) is 13.0 Å². The Kier molecular flexibility index (Phi) is 3.86. The first kappa shape index (κ1) is 13.3. The number of ether oxygens (including phenoxy) is 1. The van der Waals surface area contributed by atoms with Gasteiger partial charge in [-0.25, -0.2) is 4.79 Å². The highest BCUT2D eigenvalue weighted by Gasteiger charge is 2.30. The lowest BCUT2D eigenvalue weighted by molar-refractivity contribution is 0.0240. The Labute approximate surface area is 101 Å². The van der Waals surface area contributed by atoms with Gasteiger partial charge in [0.15, 0.2) is 0 Å². The molecule has 0 spiro atoms. The van der Waals surface area contributed by atoms with Crippen LogP contribution in [0.25, 0.3) is 0 Å². The third-order valence-corrected chi connectivity index (χ3v) is 2.67. The van der Waals surface area contributed by atoms with E-state index in [1.54, 1.807) is 0 Å². The zero-order valence-electron chi connectivity index (χ0n) is 9.86. The van der Waals surface area contributed by atoms with Crippen LogP contribution in [-0.4, -0.2) is 39.7 Å². The van der Waals surface area contributed by atoms with Crippen LogP contribution in [0.3, 0.4) is 0 Å². The molecule has 16 heavy (non-hydrogen) atoms. The van der Waals surface area contributed by atoms with Crippen molar-refractivity contribution in [3.8, 4) is 0 Å². The second-order valence-corrected chi connectivity index (χ2v) is 5.24. The largest absolute Gasteiger partial charge is 0.443 e. The molecule has 4 nitrogen and oxygen atoms in total. The number of halogens is 1. The number of carbonyl (C=O) groups is 1. The van der Waals surface area contributed by atoms with Crippen LogP contribution in [0.15, 0.2) is 12.3 Å². The number of carbonyl (C=O) groups excluding carboxylic acids is 1. The lowest BCUT2D eigenvalue weighted by Gasteiger charge is -2.32. The quantitative estimate of drug-likeness (QED) is 0.722. The van der Waals surface area contributed by atoms with Crippen LogP contribution in [0.2, 0.25) is 0 Å². The summed E-state index contributed by atoms with van der Waals surface area (Å²) >= 11 is 5.62. The average Bonchev–Trinajstić information content (AvgIpc) is 2.16. The predicted octanol–water partition coefficient (Wildman–Crippen LogP) is 2.11. The van der Waals surface area contributed by atoms with Gasteiger partial charge >= 0.3 is 6.09 Å². The summed E-state index contributed by atoms with van der Waals surface area (Å²) in [5.41, 5.74) is -1.51. The molecule has 1 unspecified atom stereocenters. The molecule has 0 aromatic rings. The second-order valence-electron chi connectivity index (χ2n) is 4.98. The topological polar surface area (TPSA) is 49.8 Å². The number of hydrogen-bond donors (Lipinski definition) is 1. The fourth-order valence-corrected chi connectivity index (χ4v) is 1.51. The van der Waals surface area contributed by atoms with Gasteiger partial charge in [-0.1, -0.05) is 0 Å². The van der Waals surface area contributed by atoms with Crippen molar-refractivity contribution in [2.24, 2.45) is 0 Å². The van der Waals surface area contributed by atoms with Crippen molar-refractivity contribution in [2.75, 3.05) is 12.4 Å². The molecule has 1 aliphatic rings. The van der Waals surface area contributed by atoms with Crippen molar-refractivity contribution < 1.29 is 14.6 Å². The van der Waals surface area contributed by atoms with Gasteiger partial charge in [0.1, 0.15) is 5.60 Å². The average molecular weight is 248 g/mol. The first-order chi connectivity index (χ1) is 7.26. The molecule has 0 radical (unpaired) electrons. The van der Waals surface area contributed by atoms with Gasteiger partial charge in [-0.15, -0.1) is 11.6 Å². The standard InChI is InChI=1S/C11H18ClNO3/c1-10(2,3)16-9(14)13-6-4-11(15,8-12)5-7-13/h4,6,15H,5,7-8H2,1-3H3. The molecule has 0 saturated heterocycles. The lowest BCUT2D eigenvalue weighted by Crippen LogP contribution is -2.42. The summed E-state index contributed by atoms with van der Waals surface area (Å²) in [6, 6.07) is 0. The second kappa shape index (κ2) is 4.63. The van der Waals surface area contributed by atoms with Gasteiger partial charge in [0.2, 0.25) is 0 Å². The Morgan fingerprint density at radius 1 is 1.62 bits per heavy atom. The van der Waals surface area contributed by atoms with Crippen LogP contribution < -0.4 is 0 Å². The maximum absolute atomic E-state index is 11.7. The number of aliphatic hydroxyl groups is 1. The molecule has 92 valence electrons. The Balaban J connectivity index is 2.59. The van der Waals surface area contributed by atoms with Gasteiger partial charge in [0.05, 0.1) is 11.5 Å². The van der Waals surface area contributed by atoms with Gasteiger partial charge in [-0.05, 0) is 33.3 Å². The van der Waals surface area contributed by atoms with E-state index in [-0.39, 0.29) is 5.88 Å². The van der Waals surface area contributed by atoms with Crippen LogP contribution in [0.1, 0.15) is 27.2 Å². The van der Waals surface area contributed by atoms with Gasteiger partial charge in [0, 0.05) is 12.7 Å². The minimum Gasteiger partial charge on any atom is -0.443 e. The molecule has 0 saturated carbocycles. The van der Waals surface area contributed by atoms with Crippen molar-refractivity contribution in [3.63, 3.8) is 0 Å². The molecule has 1 rings (SSSR count). The third kappa shape index (κ3) is 3.68. The molecule has 1 heterocycles. The number of amides is 1. The number of hydrogen-bond acceptors (Lipinski definition) is 3. The van der Waals surface area contributed by atoms with E-state index < -0.39 is 17.3 Å². The third-order valence-electron chi connectivity index (χ3n) is 2.21. The van der Waals surface area contributed by atoms with Gasteiger partial charge in [-0.2, -0.15) is 0 Å². The highest BCUT2D eigenvalue weighted by Crippen LogP contribution is 2.21. The van der Waals surface area contributed by atoms with Crippen molar-refractivity contribution >= 4 is 17.7 Å². The van der Waals surface area contributed by atoms with E-state index in [4.69, 9.17) is 16.3 Å². The first-order valence-corrected chi connectivity index (χ1v) is 5.76. The van der Waals surface area contributed by atoms with Crippen LogP contribution >= 0.6 is 11.6 Å². The van der Waals surface area contributed by atoms with Crippen molar-refractivity contribution in [3.05, 3.63) is 12.3 Å². The number of nitrogens with zero attached hydrogens (tertiary/aromatic N) is 1. The Bertz CT molecular complexity index is 298. The maximum atomic E-state index is 11.7. The minimum absolute atomic E-state index is 0.131. The minimum atomic E-state index is -1.000. The highest BCUT2D eigenvalue weighted by atomic mass is 35.5. The summed E-state index contributed by atoms with van der Waals surface area (Å²) in [5, 5.41) is 9.81. The Morgan fingerprint density at radius 3 is 2.62 bits per heavy atom. The Hall–Kier alpha value is -0.740. The van der Waals surface area contributed by atoms with Gasteiger partial charge in [0.25, 0.3) is 0 Å². The zero-order chi connectivity index (χ0) is 12.4. The molecule has 0 aliphatic carbocycles. The summed E-state index contributed by atoms with van der Waals surface area (Å²) in [5.74, 6) is 0.131. The van der Waals surface area contributed by atoms with E-state index in [2.05, 4.69) is 0 Å². The number of alkyl halides is 1. The summed E-state index contributed by atoms with van der Waals surface area (Å²) in [4.78, 5) is 13.1. The molecule has 5 heteroatoms. The summed E-state index contributed by atoms with van der Waals surface area (Å²) < 4.78 is 5.20. The van der Waals surface area contributed by atoms with Crippen LogP contribution in [0, 0.1) is 0 Å². The fourth-order valence-electron chi connectivity index (χ4n) is 1.28. The monoisotopic (exact) mass is 247 g/mol. The molecule has 0 fully saturated rings. The first-order valence-electron chi connectivity index (χ1n) is 5.23. The molecule has 1 N–H and O–H groups in total. The summed E-state index contributed by atoms with van der Waals surface area (Å²) in [6.07, 6.45) is 3.08. The van der Waals surface area contributed by atoms with Crippen LogP contribution in [-0.2, 0) is 4.74 Å². The lowest BCUT2D eigenvalue weighted by atomic mass is 9.99. The SMILES string of the molecule is CC(C)(C)OC(=O)N1C=CC(O)(CCl)CC1. The van der Waals surface area contributed by atoms with Crippen LogP contribution in [0.5, 0.6) is 0 Å². The molecule has 0 aromatic carbocycles. The van der Waals surface area contributed by atoms with E-state index in [9.17, 15) is 9.90 Å². The maximum Gasteiger partial charge on any atom is 0.414 e. The summed E-state index contributed by atoms with van der Waals surface area (Å²) in [6.45, 7) is 5.85. The normalized spacial score (nSPS) is 25.7. The smallest absolute Gasteiger partial charge is 0.414 e. The van der Waals surface area contributed by atoms with Crippen molar-refractivity contribution in [1.29, 1.82) is 0 Å². The van der Waals surface area contributed by atoms with Crippen molar-refractivity contribution in [1.82, 2.24) is 4.90 Å². The molecule has 1 amide bonds. The number of rotatable bonds is 1. The fraction of sp³-hybridized carbons (Fsp3) is 0.727. The molecule has 1 atom stereocenters. The molecule has 0 bridgehead atoms. The summed E-state index contributed by atoms with van der Waals surface area (Å²) in [7, 11) is 0. The van der Waals surface area contributed by atoms with Crippen molar-refractivity contribution in [2.45, 2.75) is 38.4 Å². The predicted molar refractivity (Wildman–Crippen MR) is 62.4 cm³/mol. The van der Waals surface area contributed by atoms with Gasteiger partial charge in [-0.3, -0.25) is 4.90 Å². The van der Waals surface area contributed by atoms with Gasteiger partial charge < -0.3 is 9.84 Å². The van der Waals surface area contributed by atoms with E-state index in [0.717, 1.165) is 0 Å². The van der Waals surface area contributed by atoms with E-state index in [1.807, 2.05) is 20.8 Å². The molecule has 1 aliphatic heterocycles. The molecule has 0 aromatic heterocycles. The molecular formula is C11H18ClNO3. The van der Waals surface area contributed by atoms with E-state index in [1.165, 1.54) is 17.2 Å². The molecular weight excluding hydrogens is 230 g/mol. The Morgan fingerprint density at radius 2 is 2.25 bits per heavy atom. The van der Waals surface area contributed by atoms with Crippen LogP contribution in [0.4, 0.5) is 4.79 Å². The van der Waals surface area contributed by atoms with E-state index >= 15 is 0 Å². The zero-order valence-corrected chi connectivity index (χ0v) is 10.6.